The number of hydrogen-bond acceptors (Lipinski definition) is 5. The molecule has 1 N–H and O–H groups in total. The molecule has 1 saturated heterocycles. The zero-order valence-corrected chi connectivity index (χ0v) is 13.8. The van der Waals surface area contributed by atoms with Crippen molar-refractivity contribution in [1.82, 2.24) is 20.4 Å². The summed E-state index contributed by atoms with van der Waals surface area (Å²) >= 11 is 0. The number of hydrogen-bond donors (Lipinski definition) is 1. The Balaban J connectivity index is 0.00000220. The lowest BCUT2D eigenvalue weighted by atomic mass is 10.1. The van der Waals surface area contributed by atoms with E-state index < -0.39 is 0 Å². The molecule has 0 bridgehead atoms. The molecule has 2 rings (SSSR count). The van der Waals surface area contributed by atoms with Crippen LogP contribution >= 0.6 is 12.4 Å². The van der Waals surface area contributed by atoms with Gasteiger partial charge in [0.2, 0.25) is 11.8 Å². The highest BCUT2D eigenvalue weighted by molar-refractivity contribution is 5.85. The molecule has 1 fully saturated rings. The zero-order chi connectivity index (χ0) is 14.5. The van der Waals surface area contributed by atoms with E-state index in [4.69, 9.17) is 4.52 Å². The van der Waals surface area contributed by atoms with Crippen LogP contribution in [-0.4, -0.2) is 40.6 Å². The van der Waals surface area contributed by atoms with Crippen molar-refractivity contribution in [3.05, 3.63) is 11.7 Å². The molecule has 1 aliphatic heterocycles. The minimum absolute atomic E-state index is 0. The van der Waals surface area contributed by atoms with E-state index in [1.165, 1.54) is 0 Å². The Labute approximate surface area is 132 Å². The number of carbonyl (C=O) groups excluding carboxylic acids is 1. The standard InChI is InChI=1S/C14H24N4O2.ClH/c1-4-18(14(19)11-5-6-15-8-11)9-12-16-13(20-17-12)7-10(2)3;/h10-11,15H,4-9H2,1-3H3;1H. The molecule has 2 heterocycles. The summed E-state index contributed by atoms with van der Waals surface area (Å²) in [6, 6.07) is 0. The summed E-state index contributed by atoms with van der Waals surface area (Å²) in [5, 5.41) is 7.19. The van der Waals surface area contributed by atoms with Crippen LogP contribution in [0.5, 0.6) is 0 Å². The minimum Gasteiger partial charge on any atom is -0.339 e. The number of amides is 1. The van der Waals surface area contributed by atoms with Crippen molar-refractivity contribution in [3.8, 4) is 0 Å². The predicted molar refractivity (Wildman–Crippen MR) is 82.2 cm³/mol. The summed E-state index contributed by atoms with van der Waals surface area (Å²) in [5.74, 6) is 2.02. The van der Waals surface area contributed by atoms with Crippen molar-refractivity contribution >= 4 is 18.3 Å². The van der Waals surface area contributed by atoms with Crippen LogP contribution in [0.15, 0.2) is 4.52 Å². The van der Waals surface area contributed by atoms with Crippen molar-refractivity contribution in [1.29, 1.82) is 0 Å². The SMILES string of the molecule is CCN(Cc1noc(CC(C)C)n1)C(=O)C1CCNC1.Cl. The van der Waals surface area contributed by atoms with Gasteiger partial charge in [-0.3, -0.25) is 4.79 Å². The van der Waals surface area contributed by atoms with E-state index in [1.807, 2.05) is 11.8 Å². The maximum Gasteiger partial charge on any atom is 0.227 e. The fourth-order valence-corrected chi connectivity index (χ4v) is 2.43. The summed E-state index contributed by atoms with van der Waals surface area (Å²) in [6.07, 6.45) is 1.69. The summed E-state index contributed by atoms with van der Waals surface area (Å²) in [7, 11) is 0. The van der Waals surface area contributed by atoms with Gasteiger partial charge in [-0.25, -0.2) is 0 Å². The average molecular weight is 317 g/mol. The predicted octanol–water partition coefficient (Wildman–Crippen LogP) is 1.65. The van der Waals surface area contributed by atoms with E-state index in [9.17, 15) is 4.79 Å². The van der Waals surface area contributed by atoms with E-state index in [0.717, 1.165) is 25.9 Å². The second-order valence-electron chi connectivity index (χ2n) is 5.74. The highest BCUT2D eigenvalue weighted by atomic mass is 35.5. The molecule has 6 nitrogen and oxygen atoms in total. The molecule has 1 aliphatic rings. The zero-order valence-electron chi connectivity index (χ0n) is 13.0. The highest BCUT2D eigenvalue weighted by Crippen LogP contribution is 2.14. The molecule has 0 aliphatic carbocycles. The van der Waals surface area contributed by atoms with E-state index in [1.54, 1.807) is 0 Å². The monoisotopic (exact) mass is 316 g/mol. The van der Waals surface area contributed by atoms with E-state index >= 15 is 0 Å². The number of halogens is 1. The molecule has 1 atom stereocenters. The van der Waals surface area contributed by atoms with Gasteiger partial charge in [0.1, 0.15) is 0 Å². The number of nitrogens with zero attached hydrogens (tertiary/aromatic N) is 3. The van der Waals surface area contributed by atoms with E-state index in [-0.39, 0.29) is 24.2 Å². The first-order valence-corrected chi connectivity index (χ1v) is 7.41. The Bertz CT molecular complexity index is 444. The molecule has 1 unspecified atom stereocenters. The smallest absolute Gasteiger partial charge is 0.227 e. The number of carbonyl (C=O) groups is 1. The van der Waals surface area contributed by atoms with Crippen LogP contribution in [-0.2, 0) is 17.8 Å². The quantitative estimate of drug-likeness (QED) is 0.864. The maximum atomic E-state index is 12.4. The first-order valence-electron chi connectivity index (χ1n) is 7.41. The van der Waals surface area contributed by atoms with Crippen molar-refractivity contribution in [2.75, 3.05) is 19.6 Å². The van der Waals surface area contributed by atoms with Crippen molar-refractivity contribution in [2.45, 2.75) is 40.2 Å². The van der Waals surface area contributed by atoms with Crippen LogP contribution in [0.3, 0.4) is 0 Å². The molecule has 120 valence electrons. The third kappa shape index (κ3) is 4.97. The number of nitrogens with one attached hydrogen (secondary N) is 1. The molecular formula is C14H25ClN4O2. The largest absolute Gasteiger partial charge is 0.339 e. The van der Waals surface area contributed by atoms with Gasteiger partial charge in [0, 0.05) is 19.5 Å². The van der Waals surface area contributed by atoms with Gasteiger partial charge in [0.15, 0.2) is 5.82 Å². The number of rotatable bonds is 6. The molecule has 0 radical (unpaired) electrons. The lowest BCUT2D eigenvalue weighted by Crippen LogP contribution is -2.36. The van der Waals surface area contributed by atoms with Gasteiger partial charge in [0.05, 0.1) is 12.5 Å². The van der Waals surface area contributed by atoms with Crippen molar-refractivity contribution in [3.63, 3.8) is 0 Å². The molecule has 1 amide bonds. The summed E-state index contributed by atoms with van der Waals surface area (Å²) < 4.78 is 5.21. The second kappa shape index (κ2) is 8.34. The summed E-state index contributed by atoms with van der Waals surface area (Å²) in [5.41, 5.74) is 0. The molecule has 0 saturated carbocycles. The fraction of sp³-hybridized carbons (Fsp3) is 0.786. The van der Waals surface area contributed by atoms with Crippen LogP contribution in [0, 0.1) is 11.8 Å². The van der Waals surface area contributed by atoms with Crippen LogP contribution in [0.2, 0.25) is 0 Å². The third-order valence-electron chi connectivity index (χ3n) is 3.53. The molecular weight excluding hydrogens is 292 g/mol. The van der Waals surface area contributed by atoms with Crippen LogP contribution in [0.1, 0.15) is 38.9 Å². The van der Waals surface area contributed by atoms with Gasteiger partial charge in [-0.1, -0.05) is 19.0 Å². The molecule has 0 spiro atoms. The van der Waals surface area contributed by atoms with Crippen LogP contribution < -0.4 is 5.32 Å². The van der Waals surface area contributed by atoms with Crippen LogP contribution in [0.25, 0.3) is 0 Å². The molecule has 1 aromatic rings. The topological polar surface area (TPSA) is 71.3 Å². The number of aromatic nitrogens is 2. The molecule has 0 aromatic carbocycles. The Morgan fingerprint density at radius 1 is 1.52 bits per heavy atom. The first kappa shape index (κ1) is 17.9. The maximum absolute atomic E-state index is 12.4. The Morgan fingerprint density at radius 2 is 2.29 bits per heavy atom. The van der Waals surface area contributed by atoms with Gasteiger partial charge in [0.25, 0.3) is 0 Å². The summed E-state index contributed by atoms with van der Waals surface area (Å²) in [4.78, 5) is 18.5. The van der Waals surface area contributed by atoms with Gasteiger partial charge in [-0.2, -0.15) is 4.98 Å². The van der Waals surface area contributed by atoms with Gasteiger partial charge < -0.3 is 14.7 Å². The van der Waals surface area contributed by atoms with Gasteiger partial charge >= 0.3 is 0 Å². The lowest BCUT2D eigenvalue weighted by Gasteiger charge is -2.22. The normalized spacial score (nSPS) is 17.8. The lowest BCUT2D eigenvalue weighted by molar-refractivity contribution is -0.135. The van der Waals surface area contributed by atoms with Gasteiger partial charge in [-0.15, -0.1) is 12.4 Å². The Kier molecular flexibility index (Phi) is 7.11. The molecule has 1 aromatic heterocycles. The van der Waals surface area contributed by atoms with E-state index in [0.29, 0.717) is 30.7 Å². The Morgan fingerprint density at radius 3 is 2.86 bits per heavy atom. The fourth-order valence-electron chi connectivity index (χ4n) is 2.43. The Hall–Kier alpha value is -1.14. The van der Waals surface area contributed by atoms with E-state index in [2.05, 4.69) is 29.3 Å². The highest BCUT2D eigenvalue weighted by Gasteiger charge is 2.27. The second-order valence-corrected chi connectivity index (χ2v) is 5.74. The van der Waals surface area contributed by atoms with Crippen LogP contribution in [0.4, 0.5) is 0 Å². The van der Waals surface area contributed by atoms with Gasteiger partial charge in [-0.05, 0) is 25.8 Å². The molecule has 7 heteroatoms. The van der Waals surface area contributed by atoms with Crippen molar-refractivity contribution in [2.24, 2.45) is 11.8 Å². The molecule has 21 heavy (non-hydrogen) atoms. The van der Waals surface area contributed by atoms with Crippen molar-refractivity contribution < 1.29 is 9.32 Å². The summed E-state index contributed by atoms with van der Waals surface area (Å²) in [6.45, 7) is 9.01. The minimum atomic E-state index is 0. The average Bonchev–Trinajstić information content (AvgIpc) is 3.05. The first-order chi connectivity index (χ1) is 9.60. The third-order valence-corrected chi connectivity index (χ3v) is 3.53.